The molecule has 0 fully saturated rings. The number of pyridine rings is 1. The first-order valence-corrected chi connectivity index (χ1v) is 10.8. The Morgan fingerprint density at radius 2 is 1.83 bits per heavy atom. The highest BCUT2D eigenvalue weighted by atomic mass is 35.5. The fourth-order valence-corrected chi connectivity index (χ4v) is 5.59. The van der Waals surface area contributed by atoms with Gasteiger partial charge in [-0.15, -0.1) is 11.8 Å². The summed E-state index contributed by atoms with van der Waals surface area (Å²) in [5.41, 5.74) is 2.67. The number of benzene rings is 2. The van der Waals surface area contributed by atoms with Crippen LogP contribution in [0.15, 0.2) is 64.4 Å². The van der Waals surface area contributed by atoms with E-state index in [2.05, 4.69) is 12.1 Å². The summed E-state index contributed by atoms with van der Waals surface area (Å²) < 4.78 is 1.60. The first-order chi connectivity index (χ1) is 14.5. The summed E-state index contributed by atoms with van der Waals surface area (Å²) in [5.74, 6) is -0.167. The minimum atomic E-state index is -0.579. The van der Waals surface area contributed by atoms with Crippen LogP contribution in [0.5, 0.6) is 5.75 Å². The normalized spacial score (nSPS) is 17.8. The van der Waals surface area contributed by atoms with Crippen LogP contribution in [0.2, 0.25) is 5.02 Å². The van der Waals surface area contributed by atoms with Crippen LogP contribution in [-0.2, 0) is 5.75 Å². The molecule has 0 aliphatic carbocycles. The molecule has 152 valence electrons. The van der Waals surface area contributed by atoms with Gasteiger partial charge in [0.05, 0.1) is 11.1 Å². The highest BCUT2D eigenvalue weighted by molar-refractivity contribution is 7.98. The number of halogens is 1. The van der Waals surface area contributed by atoms with Gasteiger partial charge in [-0.1, -0.05) is 48.0 Å². The molecular weight excluding hydrogens is 422 g/mol. The van der Waals surface area contributed by atoms with E-state index in [4.69, 9.17) is 11.6 Å². The van der Waals surface area contributed by atoms with Crippen LogP contribution in [-0.4, -0.2) is 34.3 Å². The predicted octanol–water partition coefficient (Wildman–Crippen LogP) is 3.58. The molecule has 3 aromatic rings. The molecule has 0 saturated heterocycles. The lowest BCUT2D eigenvalue weighted by Crippen LogP contribution is -2.54. The van der Waals surface area contributed by atoms with Crippen molar-refractivity contribution in [3.63, 3.8) is 0 Å². The van der Waals surface area contributed by atoms with Crippen molar-refractivity contribution < 1.29 is 9.90 Å². The molecule has 1 amide bonds. The topological polar surface area (TPSA) is 65.8 Å². The van der Waals surface area contributed by atoms with Gasteiger partial charge in [-0.3, -0.25) is 19.3 Å². The van der Waals surface area contributed by atoms with Gasteiger partial charge < -0.3 is 10.0 Å². The van der Waals surface area contributed by atoms with E-state index < -0.39 is 17.1 Å². The number of thioether (sulfide) groups is 1. The van der Waals surface area contributed by atoms with Crippen molar-refractivity contribution in [2.24, 2.45) is 0 Å². The Labute approximate surface area is 182 Å². The lowest BCUT2D eigenvalue weighted by Gasteiger charge is -2.43. The van der Waals surface area contributed by atoms with Crippen molar-refractivity contribution in [3.8, 4) is 5.75 Å². The number of rotatable bonds is 1. The summed E-state index contributed by atoms with van der Waals surface area (Å²) >= 11 is 8.25. The van der Waals surface area contributed by atoms with Crippen LogP contribution < -0.4 is 10.4 Å². The maximum Gasteiger partial charge on any atom is 0.277 e. The van der Waals surface area contributed by atoms with E-state index in [0.29, 0.717) is 5.02 Å². The van der Waals surface area contributed by atoms with Crippen molar-refractivity contribution >= 4 is 29.3 Å². The van der Waals surface area contributed by atoms with Gasteiger partial charge in [0.1, 0.15) is 6.67 Å². The van der Waals surface area contributed by atoms with Crippen LogP contribution >= 0.6 is 23.4 Å². The number of fused-ring (bicyclic) bond motifs is 3. The fraction of sp³-hybridized carbons (Fsp3) is 0.182. The number of aromatic nitrogens is 1. The number of hydrogen-bond acceptors (Lipinski definition) is 5. The standard InChI is InChI=1S/C22H18ClN3O3S/c1-24-12-26(25-10-9-17(27)20(28)19(25)22(24)29)18-14-6-3-2-5-13(14)11-30-21-15(18)7-4-8-16(21)23/h2-10,18,28H,11-12H2,1H3. The van der Waals surface area contributed by atoms with Crippen LogP contribution in [0, 0.1) is 0 Å². The molecule has 1 N–H and O–H groups in total. The Morgan fingerprint density at radius 1 is 1.07 bits per heavy atom. The molecule has 0 saturated carbocycles. The fourth-order valence-electron chi connectivity index (χ4n) is 4.13. The maximum absolute atomic E-state index is 12.8. The number of nitrogens with zero attached hydrogens (tertiary/aromatic N) is 3. The Hall–Kier alpha value is -2.90. The molecule has 3 heterocycles. The number of amides is 1. The van der Waals surface area contributed by atoms with Crippen molar-refractivity contribution in [1.29, 1.82) is 0 Å². The lowest BCUT2D eigenvalue weighted by molar-refractivity contribution is 0.0726. The number of aromatic hydroxyl groups is 1. The largest absolute Gasteiger partial charge is 0.502 e. The van der Waals surface area contributed by atoms with E-state index in [1.807, 2.05) is 35.3 Å². The van der Waals surface area contributed by atoms with E-state index in [0.717, 1.165) is 21.8 Å². The van der Waals surface area contributed by atoms with Crippen molar-refractivity contribution in [1.82, 2.24) is 9.58 Å². The summed E-state index contributed by atoms with van der Waals surface area (Å²) in [7, 11) is 1.66. The van der Waals surface area contributed by atoms with Crippen molar-refractivity contribution in [3.05, 3.63) is 92.4 Å². The quantitative estimate of drug-likeness (QED) is 0.627. The number of carbonyl (C=O) groups excluding carboxylic acids is 1. The average Bonchev–Trinajstić information content (AvgIpc) is 2.91. The molecule has 2 aliphatic heterocycles. The molecule has 30 heavy (non-hydrogen) atoms. The number of carbonyl (C=O) groups is 1. The van der Waals surface area contributed by atoms with E-state index in [-0.39, 0.29) is 18.4 Å². The van der Waals surface area contributed by atoms with Crippen molar-refractivity contribution in [2.75, 3.05) is 18.7 Å². The lowest BCUT2D eigenvalue weighted by atomic mass is 9.94. The minimum Gasteiger partial charge on any atom is -0.502 e. The molecule has 0 radical (unpaired) electrons. The Balaban J connectivity index is 1.80. The third-order valence-corrected chi connectivity index (χ3v) is 7.18. The summed E-state index contributed by atoms with van der Waals surface area (Å²) in [5, 5.41) is 13.1. The highest BCUT2D eigenvalue weighted by Crippen LogP contribution is 2.45. The second-order valence-corrected chi connectivity index (χ2v) is 8.75. The zero-order valence-electron chi connectivity index (χ0n) is 16.1. The Kier molecular flexibility index (Phi) is 4.52. The van der Waals surface area contributed by atoms with Gasteiger partial charge in [-0.25, -0.2) is 0 Å². The summed E-state index contributed by atoms with van der Waals surface area (Å²) in [4.78, 5) is 27.3. The van der Waals surface area contributed by atoms with Crippen molar-refractivity contribution in [2.45, 2.75) is 16.7 Å². The van der Waals surface area contributed by atoms with Gasteiger partial charge in [0.25, 0.3) is 5.91 Å². The first-order valence-electron chi connectivity index (χ1n) is 9.43. The summed E-state index contributed by atoms with van der Waals surface area (Å²) in [6.45, 7) is 0.282. The van der Waals surface area contributed by atoms with Gasteiger partial charge in [-0.05, 0) is 22.8 Å². The zero-order chi connectivity index (χ0) is 21.0. The van der Waals surface area contributed by atoms with Gasteiger partial charge in [0.2, 0.25) is 5.43 Å². The molecule has 1 aromatic heterocycles. The molecule has 0 bridgehead atoms. The Bertz CT molecular complexity index is 1240. The van der Waals surface area contributed by atoms with Gasteiger partial charge in [0.15, 0.2) is 11.4 Å². The second kappa shape index (κ2) is 7.11. The molecule has 1 unspecified atom stereocenters. The molecule has 0 spiro atoms. The zero-order valence-corrected chi connectivity index (χ0v) is 17.7. The minimum absolute atomic E-state index is 0.0331. The monoisotopic (exact) mass is 439 g/mol. The third kappa shape index (κ3) is 2.80. The maximum atomic E-state index is 12.8. The third-order valence-electron chi connectivity index (χ3n) is 5.55. The van der Waals surface area contributed by atoms with Crippen LogP contribution in [0.4, 0.5) is 0 Å². The Morgan fingerprint density at radius 3 is 2.67 bits per heavy atom. The molecule has 2 aromatic carbocycles. The second-order valence-electron chi connectivity index (χ2n) is 7.35. The molecular formula is C22H18ClN3O3S. The first kappa shape index (κ1) is 19.1. The van der Waals surface area contributed by atoms with Crippen LogP contribution in [0.1, 0.15) is 33.2 Å². The predicted molar refractivity (Wildman–Crippen MR) is 117 cm³/mol. The van der Waals surface area contributed by atoms with Crippen LogP contribution in [0.3, 0.4) is 0 Å². The molecule has 2 aliphatic rings. The molecule has 8 heteroatoms. The van der Waals surface area contributed by atoms with Gasteiger partial charge in [-0.2, -0.15) is 0 Å². The SMILES string of the molecule is CN1CN(C2c3ccccc3CSc3c(Cl)cccc32)n2ccc(=O)c(O)c2C1=O. The molecule has 1 atom stereocenters. The van der Waals surface area contributed by atoms with E-state index in [1.54, 1.807) is 29.7 Å². The smallest absolute Gasteiger partial charge is 0.277 e. The average molecular weight is 440 g/mol. The van der Waals surface area contributed by atoms with Gasteiger partial charge in [0, 0.05) is 30.0 Å². The highest BCUT2D eigenvalue weighted by Gasteiger charge is 2.37. The summed E-state index contributed by atoms with van der Waals surface area (Å²) in [6, 6.07) is 15.0. The van der Waals surface area contributed by atoms with Gasteiger partial charge >= 0.3 is 0 Å². The molecule has 6 nitrogen and oxygen atoms in total. The van der Waals surface area contributed by atoms with E-state index >= 15 is 0 Å². The van der Waals surface area contributed by atoms with E-state index in [9.17, 15) is 14.7 Å². The molecule has 5 rings (SSSR count). The van der Waals surface area contributed by atoms with Crippen LogP contribution in [0.25, 0.3) is 0 Å². The van der Waals surface area contributed by atoms with E-state index in [1.165, 1.54) is 16.5 Å². The number of hydrogen-bond donors (Lipinski definition) is 1. The summed E-state index contributed by atoms with van der Waals surface area (Å²) in [6.07, 6.45) is 1.55.